The fraction of sp³-hybridized carbons (Fsp3) is 0.308. The highest BCUT2D eigenvalue weighted by Crippen LogP contribution is 2.47. The number of amides is 2. The number of benzene rings is 2. The SMILES string of the molecule is O=C(NCc1cccc(Cl)c1)[C@@H]1c2ccccc2C(=O)N(C2CCCC2)[C@H]1c1cccs1. The molecule has 0 unspecified atom stereocenters. The number of nitrogens with zero attached hydrogens (tertiary/aromatic N) is 1. The number of hydrogen-bond acceptors (Lipinski definition) is 3. The van der Waals surface area contributed by atoms with Gasteiger partial charge in [0, 0.05) is 28.0 Å². The molecule has 1 saturated carbocycles. The van der Waals surface area contributed by atoms with Crippen molar-refractivity contribution in [1.82, 2.24) is 10.2 Å². The molecule has 6 heteroatoms. The Labute approximate surface area is 197 Å². The van der Waals surface area contributed by atoms with Crippen molar-refractivity contribution in [3.8, 4) is 0 Å². The third-order valence-corrected chi connectivity index (χ3v) is 7.75. The molecule has 0 radical (unpaired) electrons. The normalized spacial score (nSPS) is 20.9. The maximum Gasteiger partial charge on any atom is 0.254 e. The van der Waals surface area contributed by atoms with Gasteiger partial charge in [0.25, 0.3) is 5.91 Å². The first kappa shape index (κ1) is 21.2. The molecule has 0 spiro atoms. The van der Waals surface area contributed by atoms with E-state index < -0.39 is 5.92 Å². The average molecular weight is 465 g/mol. The zero-order chi connectivity index (χ0) is 22.1. The number of hydrogen-bond donors (Lipinski definition) is 1. The summed E-state index contributed by atoms with van der Waals surface area (Å²) in [4.78, 5) is 30.5. The smallest absolute Gasteiger partial charge is 0.254 e. The van der Waals surface area contributed by atoms with Crippen LogP contribution in [0.25, 0.3) is 0 Å². The lowest BCUT2D eigenvalue weighted by atomic mass is 9.80. The summed E-state index contributed by atoms with van der Waals surface area (Å²) >= 11 is 7.73. The molecule has 32 heavy (non-hydrogen) atoms. The molecule has 4 nitrogen and oxygen atoms in total. The highest BCUT2D eigenvalue weighted by molar-refractivity contribution is 7.10. The van der Waals surface area contributed by atoms with Gasteiger partial charge in [0.15, 0.2) is 0 Å². The van der Waals surface area contributed by atoms with Crippen molar-refractivity contribution < 1.29 is 9.59 Å². The number of nitrogens with one attached hydrogen (secondary N) is 1. The van der Waals surface area contributed by atoms with Crippen molar-refractivity contribution in [2.24, 2.45) is 0 Å². The van der Waals surface area contributed by atoms with Gasteiger partial charge in [-0.2, -0.15) is 0 Å². The maximum atomic E-state index is 13.7. The highest BCUT2D eigenvalue weighted by atomic mass is 35.5. The lowest BCUT2D eigenvalue weighted by molar-refractivity contribution is -0.124. The van der Waals surface area contributed by atoms with Crippen molar-refractivity contribution in [3.05, 3.63) is 92.6 Å². The summed E-state index contributed by atoms with van der Waals surface area (Å²) < 4.78 is 0. The van der Waals surface area contributed by atoms with Crippen molar-refractivity contribution in [1.29, 1.82) is 0 Å². The van der Waals surface area contributed by atoms with Gasteiger partial charge in [0.1, 0.15) is 0 Å². The first-order valence-electron chi connectivity index (χ1n) is 11.1. The fourth-order valence-electron chi connectivity index (χ4n) is 5.13. The van der Waals surface area contributed by atoms with E-state index in [1.165, 1.54) is 0 Å². The molecular formula is C26H25ClN2O2S. The van der Waals surface area contributed by atoms with Crippen LogP contribution >= 0.6 is 22.9 Å². The van der Waals surface area contributed by atoms with Gasteiger partial charge in [-0.1, -0.05) is 60.8 Å². The van der Waals surface area contributed by atoms with Gasteiger partial charge in [0.2, 0.25) is 5.91 Å². The second-order valence-corrected chi connectivity index (χ2v) is 9.94. The molecule has 1 N–H and O–H groups in total. The summed E-state index contributed by atoms with van der Waals surface area (Å²) in [5.74, 6) is -0.474. The minimum Gasteiger partial charge on any atom is -0.351 e. The Kier molecular flexibility index (Phi) is 6.03. The van der Waals surface area contributed by atoms with E-state index in [9.17, 15) is 9.59 Å². The molecule has 2 aromatic carbocycles. The van der Waals surface area contributed by atoms with Gasteiger partial charge in [-0.05, 0) is 53.6 Å². The van der Waals surface area contributed by atoms with Gasteiger partial charge < -0.3 is 10.2 Å². The lowest BCUT2D eigenvalue weighted by Gasteiger charge is -2.44. The topological polar surface area (TPSA) is 49.4 Å². The largest absolute Gasteiger partial charge is 0.351 e. The maximum absolute atomic E-state index is 13.7. The van der Waals surface area contributed by atoms with E-state index in [1.54, 1.807) is 11.3 Å². The molecule has 3 aromatic rings. The summed E-state index contributed by atoms with van der Waals surface area (Å²) in [5.41, 5.74) is 2.41. The van der Waals surface area contributed by atoms with Crippen LogP contribution in [-0.4, -0.2) is 22.8 Å². The molecule has 1 aliphatic heterocycles. The van der Waals surface area contributed by atoms with Gasteiger partial charge in [0.05, 0.1) is 12.0 Å². The van der Waals surface area contributed by atoms with Crippen LogP contribution in [0.2, 0.25) is 5.02 Å². The number of fused-ring (bicyclic) bond motifs is 1. The number of halogens is 1. The molecule has 1 aromatic heterocycles. The van der Waals surface area contributed by atoms with Crippen molar-refractivity contribution in [2.75, 3.05) is 0 Å². The summed E-state index contributed by atoms with van der Waals surface area (Å²) in [6, 6.07) is 19.0. The van der Waals surface area contributed by atoms with Crippen LogP contribution in [0, 0.1) is 0 Å². The predicted octanol–water partition coefficient (Wildman–Crippen LogP) is 5.94. The molecular weight excluding hydrogens is 440 g/mol. The summed E-state index contributed by atoms with van der Waals surface area (Å²) in [7, 11) is 0. The first-order chi connectivity index (χ1) is 15.6. The van der Waals surface area contributed by atoms with Crippen LogP contribution in [0.4, 0.5) is 0 Å². The van der Waals surface area contributed by atoms with Gasteiger partial charge in [-0.3, -0.25) is 9.59 Å². The molecule has 2 heterocycles. The van der Waals surface area contributed by atoms with E-state index in [0.717, 1.165) is 41.7 Å². The Balaban J connectivity index is 1.54. The van der Waals surface area contributed by atoms with E-state index in [-0.39, 0.29) is 23.9 Å². The van der Waals surface area contributed by atoms with Crippen LogP contribution in [0.5, 0.6) is 0 Å². The van der Waals surface area contributed by atoms with E-state index in [4.69, 9.17) is 11.6 Å². The third-order valence-electron chi connectivity index (χ3n) is 6.57. The monoisotopic (exact) mass is 464 g/mol. The van der Waals surface area contributed by atoms with Crippen LogP contribution in [0.3, 0.4) is 0 Å². The van der Waals surface area contributed by atoms with E-state index in [1.807, 2.05) is 64.9 Å². The standard InChI is InChI=1S/C26H25ClN2O2S/c27-18-8-5-7-17(15-18)16-28-25(30)23-20-11-3-4-12-21(20)26(31)29(19-9-1-2-10-19)24(23)22-13-6-14-32-22/h3-8,11-15,19,23-24H,1-2,9-10,16H2,(H,28,30)/t23-,24+/m1/s1. The van der Waals surface area contributed by atoms with E-state index >= 15 is 0 Å². The Morgan fingerprint density at radius 3 is 2.62 bits per heavy atom. The Morgan fingerprint density at radius 2 is 1.88 bits per heavy atom. The molecule has 0 saturated heterocycles. The number of thiophene rings is 1. The average Bonchev–Trinajstić information content (AvgIpc) is 3.52. The van der Waals surface area contributed by atoms with Crippen molar-refractivity contribution >= 4 is 34.8 Å². The van der Waals surface area contributed by atoms with Crippen LogP contribution in [-0.2, 0) is 11.3 Å². The van der Waals surface area contributed by atoms with E-state index in [2.05, 4.69) is 11.4 Å². The minimum absolute atomic E-state index is 0.0461. The highest BCUT2D eigenvalue weighted by Gasteiger charge is 2.47. The molecule has 1 aliphatic carbocycles. The predicted molar refractivity (Wildman–Crippen MR) is 128 cm³/mol. The molecule has 2 amide bonds. The molecule has 2 aliphatic rings. The second-order valence-electron chi connectivity index (χ2n) is 8.52. The lowest BCUT2D eigenvalue weighted by Crippen LogP contribution is -2.50. The van der Waals surface area contributed by atoms with Gasteiger partial charge in [-0.15, -0.1) is 11.3 Å². The Morgan fingerprint density at radius 1 is 1.06 bits per heavy atom. The van der Waals surface area contributed by atoms with Gasteiger partial charge >= 0.3 is 0 Å². The van der Waals surface area contributed by atoms with Crippen LogP contribution < -0.4 is 5.32 Å². The number of carbonyl (C=O) groups is 2. The zero-order valence-electron chi connectivity index (χ0n) is 17.7. The number of rotatable bonds is 5. The summed E-state index contributed by atoms with van der Waals surface area (Å²) in [6.07, 6.45) is 4.23. The van der Waals surface area contributed by atoms with E-state index in [0.29, 0.717) is 17.1 Å². The molecule has 2 atom stereocenters. The van der Waals surface area contributed by atoms with Crippen LogP contribution in [0.1, 0.15) is 64.0 Å². The minimum atomic E-state index is -0.456. The molecule has 0 bridgehead atoms. The first-order valence-corrected chi connectivity index (χ1v) is 12.4. The third kappa shape index (κ3) is 3.96. The molecule has 5 rings (SSSR count). The second kappa shape index (κ2) is 9.08. The van der Waals surface area contributed by atoms with Crippen LogP contribution in [0.15, 0.2) is 66.0 Å². The summed E-state index contributed by atoms with van der Waals surface area (Å²) in [5, 5.41) is 5.79. The van der Waals surface area contributed by atoms with Crippen molar-refractivity contribution in [3.63, 3.8) is 0 Å². The summed E-state index contributed by atoms with van der Waals surface area (Å²) in [6.45, 7) is 0.395. The quantitative estimate of drug-likeness (QED) is 0.507. The zero-order valence-corrected chi connectivity index (χ0v) is 19.2. The molecule has 1 fully saturated rings. The van der Waals surface area contributed by atoms with Gasteiger partial charge in [-0.25, -0.2) is 0 Å². The number of carbonyl (C=O) groups excluding carboxylic acids is 2. The Bertz CT molecular complexity index is 1120. The van der Waals surface area contributed by atoms with Crippen molar-refractivity contribution in [2.45, 2.75) is 50.2 Å². The Hall–Kier alpha value is -2.63. The molecule has 164 valence electrons. The fourth-order valence-corrected chi connectivity index (χ4v) is 6.20.